The van der Waals surface area contributed by atoms with Gasteiger partial charge in [-0.25, -0.2) is 0 Å². The first-order valence-electron chi connectivity index (χ1n) is 15.3. The second-order valence-electron chi connectivity index (χ2n) is 12.0. The summed E-state index contributed by atoms with van der Waals surface area (Å²) in [4.78, 5) is 46.6. The average molecular weight is 633 g/mol. The van der Waals surface area contributed by atoms with E-state index in [9.17, 15) is 27.6 Å². The normalized spacial score (nSPS) is 19.3. The van der Waals surface area contributed by atoms with Gasteiger partial charge in [-0.1, -0.05) is 12.1 Å². The number of nitrogens with zero attached hydrogens (tertiary/aromatic N) is 4. The minimum Gasteiger partial charge on any atom is -0.497 e. The van der Waals surface area contributed by atoms with Gasteiger partial charge in [-0.15, -0.1) is 0 Å². The number of ketones is 2. The molecule has 1 amide bonds. The maximum Gasteiger partial charge on any atom is 0.393 e. The molecule has 5 rings (SSSR count). The topological polar surface area (TPSA) is 104 Å². The van der Waals surface area contributed by atoms with E-state index in [1.165, 1.54) is 18.3 Å². The number of methoxy groups -OCH3 is 1. The molecule has 46 heavy (non-hydrogen) atoms. The lowest BCUT2D eigenvalue weighted by atomic mass is 9.80. The van der Waals surface area contributed by atoms with Gasteiger partial charge < -0.3 is 9.64 Å². The van der Waals surface area contributed by atoms with Crippen molar-refractivity contribution < 1.29 is 32.3 Å². The molecule has 3 aromatic rings. The van der Waals surface area contributed by atoms with Crippen LogP contribution in [0.25, 0.3) is 0 Å². The van der Waals surface area contributed by atoms with Gasteiger partial charge in [0.25, 0.3) is 5.91 Å². The number of pyridine rings is 1. The maximum absolute atomic E-state index is 14.1. The Morgan fingerprint density at radius 2 is 1.61 bits per heavy atom. The fraction of sp³-hybridized carbons (Fsp3) is 0.400. The molecular formula is C35H35F3N4O4. The second kappa shape index (κ2) is 14.3. The summed E-state index contributed by atoms with van der Waals surface area (Å²) in [6, 6.07) is 18.6. The Bertz CT molecular complexity index is 1580. The first-order chi connectivity index (χ1) is 22.0. The minimum atomic E-state index is -4.46. The van der Waals surface area contributed by atoms with Crippen LogP contribution in [-0.2, 0) is 6.54 Å². The number of halogens is 3. The Balaban J connectivity index is 1.14. The number of aromatic nitrogens is 1. The zero-order valence-corrected chi connectivity index (χ0v) is 25.5. The quantitative estimate of drug-likeness (QED) is 0.268. The summed E-state index contributed by atoms with van der Waals surface area (Å²) < 4.78 is 47.5. The predicted octanol–water partition coefficient (Wildman–Crippen LogP) is 5.97. The maximum atomic E-state index is 14.1. The Morgan fingerprint density at radius 1 is 0.935 bits per heavy atom. The highest BCUT2D eigenvalue weighted by molar-refractivity contribution is 5.99. The van der Waals surface area contributed by atoms with E-state index in [1.54, 1.807) is 65.4 Å². The Hall–Kier alpha value is -4.56. The van der Waals surface area contributed by atoms with E-state index in [0.717, 1.165) is 5.56 Å². The molecule has 0 spiro atoms. The number of ether oxygens (including phenoxy) is 1. The summed E-state index contributed by atoms with van der Waals surface area (Å²) in [5, 5.41) is 8.97. The Labute approximate surface area is 265 Å². The van der Waals surface area contributed by atoms with Crippen molar-refractivity contribution in [1.29, 1.82) is 5.26 Å². The third-order valence-electron chi connectivity index (χ3n) is 9.03. The molecule has 2 aliphatic heterocycles. The highest BCUT2D eigenvalue weighted by Gasteiger charge is 2.47. The smallest absolute Gasteiger partial charge is 0.393 e. The molecule has 2 aliphatic rings. The molecule has 0 saturated carbocycles. The molecule has 0 N–H and O–H groups in total. The number of Topliss-reactive ketones (excluding diaryl/α,β-unsaturated/α-hetero) is 2. The van der Waals surface area contributed by atoms with Crippen LogP contribution in [0.2, 0.25) is 0 Å². The lowest BCUT2D eigenvalue weighted by Gasteiger charge is -2.39. The van der Waals surface area contributed by atoms with E-state index < -0.39 is 23.8 Å². The van der Waals surface area contributed by atoms with E-state index in [2.05, 4.69) is 4.98 Å². The number of piperidine rings is 2. The van der Waals surface area contributed by atoms with Gasteiger partial charge >= 0.3 is 6.18 Å². The number of carbonyl (C=O) groups excluding carboxylic acids is 3. The second-order valence-corrected chi connectivity index (χ2v) is 12.0. The fourth-order valence-corrected chi connectivity index (χ4v) is 6.31. The number of carbonyl (C=O) groups is 3. The van der Waals surface area contributed by atoms with E-state index in [0.29, 0.717) is 55.9 Å². The third-order valence-corrected chi connectivity index (χ3v) is 9.03. The first kappa shape index (κ1) is 32.8. The van der Waals surface area contributed by atoms with E-state index in [4.69, 9.17) is 10.00 Å². The van der Waals surface area contributed by atoms with Gasteiger partial charge in [0.15, 0.2) is 11.6 Å². The zero-order valence-electron chi connectivity index (χ0n) is 25.5. The summed E-state index contributed by atoms with van der Waals surface area (Å²) in [5.74, 6) is -2.79. The Morgan fingerprint density at radius 3 is 2.20 bits per heavy atom. The first-order valence-corrected chi connectivity index (χ1v) is 15.3. The highest BCUT2D eigenvalue weighted by atomic mass is 19.4. The van der Waals surface area contributed by atoms with E-state index in [-0.39, 0.29) is 48.3 Å². The van der Waals surface area contributed by atoms with Crippen molar-refractivity contribution in [2.75, 3.05) is 33.3 Å². The van der Waals surface area contributed by atoms with Crippen molar-refractivity contribution in [3.8, 4) is 11.8 Å². The molecular weight excluding hydrogens is 597 g/mol. The van der Waals surface area contributed by atoms with Crippen LogP contribution < -0.4 is 4.74 Å². The zero-order chi connectivity index (χ0) is 32.8. The molecule has 2 saturated heterocycles. The number of hydrogen-bond acceptors (Lipinski definition) is 7. The molecule has 0 aliphatic carbocycles. The van der Waals surface area contributed by atoms with Gasteiger partial charge in [0.05, 0.1) is 24.7 Å². The highest BCUT2D eigenvalue weighted by Crippen LogP contribution is 2.40. The lowest BCUT2D eigenvalue weighted by molar-refractivity contribution is -0.201. The monoisotopic (exact) mass is 632 g/mol. The van der Waals surface area contributed by atoms with Crippen molar-refractivity contribution in [2.24, 2.45) is 17.8 Å². The number of rotatable bonds is 9. The van der Waals surface area contributed by atoms with Gasteiger partial charge in [-0.05, 0) is 85.8 Å². The molecule has 2 fully saturated rings. The minimum absolute atomic E-state index is 0.0282. The molecule has 1 unspecified atom stereocenters. The van der Waals surface area contributed by atoms with Gasteiger partial charge in [-0.2, -0.15) is 18.4 Å². The summed E-state index contributed by atoms with van der Waals surface area (Å²) in [7, 11) is 1.56. The molecule has 2 aromatic carbocycles. The van der Waals surface area contributed by atoms with Crippen molar-refractivity contribution in [2.45, 2.75) is 38.4 Å². The number of amides is 1. The molecule has 11 heteroatoms. The van der Waals surface area contributed by atoms with Gasteiger partial charge in [0.2, 0.25) is 0 Å². The summed E-state index contributed by atoms with van der Waals surface area (Å²) in [6.45, 7) is 1.30. The van der Waals surface area contributed by atoms with Crippen molar-refractivity contribution in [3.05, 3.63) is 94.8 Å². The van der Waals surface area contributed by atoms with Crippen LogP contribution in [0.4, 0.5) is 13.2 Å². The molecule has 0 bridgehead atoms. The van der Waals surface area contributed by atoms with Crippen LogP contribution in [0.5, 0.6) is 5.75 Å². The van der Waals surface area contributed by atoms with Crippen LogP contribution in [0.15, 0.2) is 66.9 Å². The van der Waals surface area contributed by atoms with Crippen LogP contribution >= 0.6 is 0 Å². The van der Waals surface area contributed by atoms with Crippen LogP contribution in [0.3, 0.4) is 0 Å². The van der Waals surface area contributed by atoms with Crippen molar-refractivity contribution >= 4 is 17.5 Å². The van der Waals surface area contributed by atoms with Gasteiger partial charge in [0, 0.05) is 55.8 Å². The molecule has 1 aromatic heterocycles. The van der Waals surface area contributed by atoms with Crippen LogP contribution in [0, 0.1) is 29.1 Å². The van der Waals surface area contributed by atoms with E-state index in [1.807, 2.05) is 6.07 Å². The number of likely N-dealkylation sites (tertiary alicyclic amines) is 2. The molecule has 8 nitrogen and oxygen atoms in total. The summed E-state index contributed by atoms with van der Waals surface area (Å²) >= 11 is 0. The number of benzene rings is 2. The number of hydrogen-bond donors (Lipinski definition) is 0. The van der Waals surface area contributed by atoms with Crippen LogP contribution in [-0.4, -0.2) is 71.7 Å². The summed E-state index contributed by atoms with van der Waals surface area (Å²) in [5.41, 5.74) is 2.21. The number of nitriles is 1. The fourth-order valence-electron chi connectivity index (χ4n) is 6.31. The average Bonchev–Trinajstić information content (AvgIpc) is 3.08. The largest absolute Gasteiger partial charge is 0.497 e. The molecule has 3 heterocycles. The number of alkyl halides is 3. The molecule has 2 atom stereocenters. The van der Waals surface area contributed by atoms with Crippen molar-refractivity contribution in [1.82, 2.24) is 14.8 Å². The van der Waals surface area contributed by atoms with Crippen molar-refractivity contribution in [3.63, 3.8) is 0 Å². The lowest BCUT2D eigenvalue weighted by Crippen LogP contribution is -2.47. The Kier molecular flexibility index (Phi) is 10.2. The third kappa shape index (κ3) is 7.80. The SMILES string of the molecule is COc1ccc(C(=O)C2CCN(C(=O)c3ccc(C(=O)CC4CCN(Cc5ccc(C#N)cc5)C[C@@H]4C(F)(F)F)cn3)CC2)cc1. The molecule has 0 radical (unpaired) electrons. The van der Waals surface area contributed by atoms with E-state index >= 15 is 0 Å². The standard InChI is InChI=1S/C35H35F3N4O4/c1-46-29-9-6-25(7-10-29)33(44)26-13-16-42(17-14-26)34(45)31-11-8-28(20-40-31)32(43)18-27-12-15-41(22-30(27)35(36,37)38)21-24-4-2-23(19-39)3-5-24/h2-11,20,26-27,30H,12-18,21-22H2,1H3/t27?,30-/m0/s1. The molecule has 240 valence electrons. The predicted molar refractivity (Wildman–Crippen MR) is 163 cm³/mol. The summed E-state index contributed by atoms with van der Waals surface area (Å²) in [6.07, 6.45) is -2.22. The van der Waals surface area contributed by atoms with Gasteiger partial charge in [-0.3, -0.25) is 24.3 Å². The van der Waals surface area contributed by atoms with Crippen LogP contribution in [0.1, 0.15) is 68.0 Å². The van der Waals surface area contributed by atoms with Gasteiger partial charge in [0.1, 0.15) is 11.4 Å².